The summed E-state index contributed by atoms with van der Waals surface area (Å²) >= 11 is 5.70. The minimum Gasteiger partial charge on any atom is -0.444 e. The fourth-order valence-electron chi connectivity index (χ4n) is 2.27. The average molecular weight is 298 g/mol. The molecule has 1 aromatic rings. The number of amides is 1. The zero-order valence-electron chi connectivity index (χ0n) is 12.1. The first-order valence-corrected chi connectivity index (χ1v) is 7.18. The Morgan fingerprint density at radius 2 is 2.05 bits per heavy atom. The van der Waals surface area contributed by atoms with Crippen LogP contribution < -0.4 is 0 Å². The molecule has 0 radical (unpaired) electrons. The van der Waals surface area contributed by atoms with Crippen molar-refractivity contribution in [3.8, 4) is 0 Å². The normalized spacial score (nSPS) is 19.8. The molecule has 1 atom stereocenters. The number of nitrogens with zero attached hydrogens (tertiary/aromatic N) is 3. The molecule has 5 nitrogen and oxygen atoms in total. The van der Waals surface area contributed by atoms with E-state index in [-0.39, 0.29) is 17.3 Å². The lowest BCUT2D eigenvalue weighted by Crippen LogP contribution is -2.42. The van der Waals surface area contributed by atoms with E-state index in [1.54, 1.807) is 17.3 Å². The second-order valence-corrected chi connectivity index (χ2v) is 6.39. The third-order valence-electron chi connectivity index (χ3n) is 3.18. The average Bonchev–Trinajstić information content (AvgIpc) is 2.38. The Morgan fingerprint density at radius 3 is 2.65 bits per heavy atom. The number of hydrogen-bond donors (Lipinski definition) is 0. The molecule has 0 bridgehead atoms. The van der Waals surface area contributed by atoms with E-state index in [0.29, 0.717) is 6.54 Å². The van der Waals surface area contributed by atoms with Gasteiger partial charge in [-0.2, -0.15) is 0 Å². The number of aromatic nitrogens is 2. The highest BCUT2D eigenvalue weighted by molar-refractivity contribution is 6.28. The van der Waals surface area contributed by atoms with Gasteiger partial charge < -0.3 is 9.64 Å². The summed E-state index contributed by atoms with van der Waals surface area (Å²) in [5, 5.41) is 0.244. The Labute approximate surface area is 124 Å². The molecule has 1 aliphatic heterocycles. The van der Waals surface area contributed by atoms with Gasteiger partial charge in [-0.05, 0) is 50.8 Å². The van der Waals surface area contributed by atoms with E-state index in [4.69, 9.17) is 16.3 Å². The van der Waals surface area contributed by atoms with Crippen LogP contribution in [0.4, 0.5) is 4.79 Å². The Bertz CT molecular complexity index is 470. The Kier molecular flexibility index (Phi) is 4.48. The molecule has 20 heavy (non-hydrogen) atoms. The summed E-state index contributed by atoms with van der Waals surface area (Å²) < 4.78 is 5.42. The minimum absolute atomic E-state index is 0.244. The molecule has 6 heteroatoms. The minimum atomic E-state index is -0.465. The second kappa shape index (κ2) is 5.95. The number of hydrogen-bond acceptors (Lipinski definition) is 4. The summed E-state index contributed by atoms with van der Waals surface area (Å²) in [5.41, 5.74) is 0.551. The van der Waals surface area contributed by atoms with Gasteiger partial charge in [-0.15, -0.1) is 0 Å². The molecule has 0 N–H and O–H groups in total. The molecule has 0 spiro atoms. The van der Waals surface area contributed by atoms with Crippen molar-refractivity contribution in [2.45, 2.75) is 45.1 Å². The predicted molar refractivity (Wildman–Crippen MR) is 76.8 cm³/mol. The number of carbonyl (C=O) groups is 1. The van der Waals surface area contributed by atoms with Crippen molar-refractivity contribution in [3.63, 3.8) is 0 Å². The van der Waals surface area contributed by atoms with Crippen molar-refractivity contribution in [2.24, 2.45) is 0 Å². The Morgan fingerprint density at radius 1 is 1.40 bits per heavy atom. The first kappa shape index (κ1) is 15.0. The number of halogens is 1. The lowest BCUT2D eigenvalue weighted by atomic mass is 9.93. The molecule has 1 unspecified atom stereocenters. The van der Waals surface area contributed by atoms with E-state index in [0.717, 1.165) is 24.9 Å². The standard InChI is InChI=1S/C14H20ClN3O2/c1-14(2,3)20-13(19)18-6-4-5-10(9-18)11-7-16-12(15)17-8-11/h7-8,10H,4-6,9H2,1-3H3. The van der Waals surface area contributed by atoms with Crippen molar-refractivity contribution in [1.82, 2.24) is 14.9 Å². The van der Waals surface area contributed by atoms with E-state index in [9.17, 15) is 4.79 Å². The van der Waals surface area contributed by atoms with Crippen molar-refractivity contribution in [1.29, 1.82) is 0 Å². The predicted octanol–water partition coefficient (Wildman–Crippen LogP) is 3.24. The van der Waals surface area contributed by atoms with Crippen molar-refractivity contribution >= 4 is 17.7 Å². The Balaban J connectivity index is 2.01. The number of ether oxygens (including phenoxy) is 1. The van der Waals surface area contributed by atoms with Crippen LogP contribution in [0.25, 0.3) is 0 Å². The molecule has 110 valence electrons. The summed E-state index contributed by atoms with van der Waals surface area (Å²) in [6, 6.07) is 0. The van der Waals surface area contributed by atoms with Crippen LogP contribution >= 0.6 is 11.6 Å². The molecule has 0 saturated carbocycles. The van der Waals surface area contributed by atoms with Gasteiger partial charge in [-0.3, -0.25) is 0 Å². The summed E-state index contributed by atoms with van der Waals surface area (Å²) in [4.78, 5) is 21.9. The summed E-state index contributed by atoms with van der Waals surface area (Å²) in [5.74, 6) is 0.244. The van der Waals surface area contributed by atoms with Gasteiger partial charge in [0.25, 0.3) is 0 Å². The number of carbonyl (C=O) groups excluding carboxylic acids is 1. The molecule has 0 aromatic carbocycles. The molecule has 1 amide bonds. The monoisotopic (exact) mass is 297 g/mol. The zero-order chi connectivity index (χ0) is 14.8. The van der Waals surface area contributed by atoms with E-state index < -0.39 is 5.60 Å². The van der Waals surface area contributed by atoms with Gasteiger partial charge in [0.1, 0.15) is 5.60 Å². The van der Waals surface area contributed by atoms with Gasteiger partial charge in [0.2, 0.25) is 5.28 Å². The maximum Gasteiger partial charge on any atom is 0.410 e. The molecule has 1 aliphatic rings. The molecule has 1 aromatic heterocycles. The van der Waals surface area contributed by atoms with Crippen LogP contribution in [0, 0.1) is 0 Å². The number of rotatable bonds is 1. The van der Waals surface area contributed by atoms with Gasteiger partial charge in [0, 0.05) is 31.4 Å². The van der Waals surface area contributed by atoms with Gasteiger partial charge in [-0.25, -0.2) is 14.8 Å². The first-order valence-electron chi connectivity index (χ1n) is 6.80. The van der Waals surface area contributed by atoms with Crippen molar-refractivity contribution in [3.05, 3.63) is 23.2 Å². The number of likely N-dealkylation sites (tertiary alicyclic amines) is 1. The highest BCUT2D eigenvalue weighted by Gasteiger charge is 2.28. The van der Waals surface area contributed by atoms with E-state index >= 15 is 0 Å². The summed E-state index contributed by atoms with van der Waals surface area (Å²) in [6.45, 7) is 7.00. The second-order valence-electron chi connectivity index (χ2n) is 6.05. The highest BCUT2D eigenvalue weighted by atomic mass is 35.5. The van der Waals surface area contributed by atoms with Gasteiger partial charge >= 0.3 is 6.09 Å². The maximum absolute atomic E-state index is 12.1. The first-order chi connectivity index (χ1) is 9.35. The molecule has 1 fully saturated rings. The lowest BCUT2D eigenvalue weighted by molar-refractivity contribution is 0.0198. The quantitative estimate of drug-likeness (QED) is 0.747. The molecule has 1 saturated heterocycles. The summed E-state index contributed by atoms with van der Waals surface area (Å²) in [7, 11) is 0. The third-order valence-corrected chi connectivity index (χ3v) is 3.38. The van der Waals surface area contributed by atoms with Crippen molar-refractivity contribution in [2.75, 3.05) is 13.1 Å². The van der Waals surface area contributed by atoms with Crippen LogP contribution in [0.3, 0.4) is 0 Å². The van der Waals surface area contributed by atoms with Crippen LogP contribution in [-0.4, -0.2) is 39.7 Å². The Hall–Kier alpha value is -1.36. The van der Waals surface area contributed by atoms with Gasteiger partial charge in [-0.1, -0.05) is 0 Å². The smallest absolute Gasteiger partial charge is 0.410 e. The van der Waals surface area contributed by atoms with Crippen LogP contribution in [-0.2, 0) is 4.74 Å². The molecular formula is C14H20ClN3O2. The topological polar surface area (TPSA) is 55.3 Å². The van der Waals surface area contributed by atoms with Crippen LogP contribution in [0.15, 0.2) is 12.4 Å². The molecule has 2 rings (SSSR count). The fraction of sp³-hybridized carbons (Fsp3) is 0.643. The van der Waals surface area contributed by atoms with E-state index in [1.807, 2.05) is 20.8 Å². The van der Waals surface area contributed by atoms with Crippen LogP contribution in [0.5, 0.6) is 0 Å². The number of piperidine rings is 1. The molecule has 0 aliphatic carbocycles. The molecule has 2 heterocycles. The highest BCUT2D eigenvalue weighted by Crippen LogP contribution is 2.27. The fourth-order valence-corrected chi connectivity index (χ4v) is 2.37. The van der Waals surface area contributed by atoms with E-state index in [2.05, 4.69) is 9.97 Å². The lowest BCUT2D eigenvalue weighted by Gasteiger charge is -2.34. The zero-order valence-corrected chi connectivity index (χ0v) is 12.9. The maximum atomic E-state index is 12.1. The van der Waals surface area contributed by atoms with Gasteiger partial charge in [0.15, 0.2) is 0 Å². The van der Waals surface area contributed by atoms with Gasteiger partial charge in [0.05, 0.1) is 0 Å². The summed E-state index contributed by atoms with van der Waals surface area (Å²) in [6.07, 6.45) is 5.19. The molecular weight excluding hydrogens is 278 g/mol. The third kappa shape index (κ3) is 4.07. The van der Waals surface area contributed by atoms with Crippen molar-refractivity contribution < 1.29 is 9.53 Å². The SMILES string of the molecule is CC(C)(C)OC(=O)N1CCCC(c2cnc(Cl)nc2)C1. The van der Waals surface area contributed by atoms with E-state index in [1.165, 1.54) is 0 Å². The van der Waals surface area contributed by atoms with Crippen LogP contribution in [0.2, 0.25) is 5.28 Å². The largest absolute Gasteiger partial charge is 0.444 e. The van der Waals surface area contributed by atoms with Crippen LogP contribution in [0.1, 0.15) is 45.1 Å².